The van der Waals surface area contributed by atoms with Gasteiger partial charge in [-0.15, -0.1) is 0 Å². The summed E-state index contributed by atoms with van der Waals surface area (Å²) in [5.74, 6) is 0.215. The molecule has 18 heavy (non-hydrogen) atoms. The van der Waals surface area contributed by atoms with Crippen molar-refractivity contribution in [3.63, 3.8) is 0 Å². The van der Waals surface area contributed by atoms with Gasteiger partial charge in [-0.2, -0.15) is 0 Å². The highest BCUT2D eigenvalue weighted by Gasteiger charge is 2.10. The molecule has 0 fully saturated rings. The van der Waals surface area contributed by atoms with Gasteiger partial charge in [-0.1, -0.05) is 30.7 Å². The van der Waals surface area contributed by atoms with Crippen molar-refractivity contribution in [1.82, 2.24) is 9.97 Å². The van der Waals surface area contributed by atoms with Gasteiger partial charge in [0.2, 0.25) is 0 Å². The summed E-state index contributed by atoms with van der Waals surface area (Å²) in [6.45, 7) is 5.62. The Bertz CT molecular complexity index is 597. The van der Waals surface area contributed by atoms with Crippen LogP contribution < -0.4 is 0 Å². The van der Waals surface area contributed by atoms with Crippen molar-refractivity contribution in [3.8, 4) is 11.4 Å². The maximum absolute atomic E-state index is 13.5. The molecule has 0 saturated heterocycles. The molecule has 0 unspecified atom stereocenters. The van der Waals surface area contributed by atoms with E-state index in [2.05, 4.69) is 9.97 Å². The summed E-state index contributed by atoms with van der Waals surface area (Å²) in [7, 11) is 0. The van der Waals surface area contributed by atoms with Crippen molar-refractivity contribution in [2.75, 3.05) is 0 Å². The van der Waals surface area contributed by atoms with Gasteiger partial charge in [0.15, 0.2) is 5.82 Å². The van der Waals surface area contributed by atoms with E-state index >= 15 is 0 Å². The van der Waals surface area contributed by atoms with Crippen LogP contribution in [-0.4, -0.2) is 9.97 Å². The molecular formula is C14H14ClFN2. The molecule has 2 aromatic rings. The average Bonchev–Trinajstić information content (AvgIpc) is 2.36. The number of benzene rings is 1. The fourth-order valence-corrected chi connectivity index (χ4v) is 1.93. The topological polar surface area (TPSA) is 25.8 Å². The number of hydrogen-bond acceptors (Lipinski definition) is 2. The Labute approximate surface area is 111 Å². The number of rotatable bonds is 2. The molecule has 2 rings (SSSR count). The van der Waals surface area contributed by atoms with Gasteiger partial charge in [0.25, 0.3) is 0 Å². The van der Waals surface area contributed by atoms with Crippen LogP contribution in [0.2, 0.25) is 5.15 Å². The zero-order valence-corrected chi connectivity index (χ0v) is 11.3. The maximum Gasteiger partial charge on any atom is 0.161 e. The van der Waals surface area contributed by atoms with Gasteiger partial charge in [0.1, 0.15) is 11.0 Å². The van der Waals surface area contributed by atoms with Gasteiger partial charge in [0, 0.05) is 16.8 Å². The monoisotopic (exact) mass is 264 g/mol. The van der Waals surface area contributed by atoms with Crippen molar-refractivity contribution in [1.29, 1.82) is 0 Å². The molecule has 0 radical (unpaired) electrons. The Hall–Kier alpha value is -1.48. The van der Waals surface area contributed by atoms with E-state index in [1.165, 1.54) is 6.07 Å². The van der Waals surface area contributed by atoms with Crippen molar-refractivity contribution in [3.05, 3.63) is 46.0 Å². The fourth-order valence-electron chi connectivity index (χ4n) is 1.74. The van der Waals surface area contributed by atoms with Crippen molar-refractivity contribution >= 4 is 11.6 Å². The molecule has 0 bridgehead atoms. The van der Waals surface area contributed by atoms with E-state index in [0.29, 0.717) is 22.1 Å². The Morgan fingerprint density at radius 2 is 1.94 bits per heavy atom. The molecule has 4 heteroatoms. The van der Waals surface area contributed by atoms with Gasteiger partial charge in [-0.05, 0) is 31.9 Å². The minimum atomic E-state index is -0.258. The predicted octanol–water partition coefficient (Wildman–Crippen LogP) is 4.12. The molecule has 2 nitrogen and oxygen atoms in total. The zero-order chi connectivity index (χ0) is 13.3. The summed E-state index contributed by atoms with van der Waals surface area (Å²) in [4.78, 5) is 8.64. The third-order valence-electron chi connectivity index (χ3n) is 2.95. The molecule has 0 saturated carbocycles. The second-order valence-electron chi connectivity index (χ2n) is 4.23. The van der Waals surface area contributed by atoms with E-state index in [1.54, 1.807) is 19.1 Å². The van der Waals surface area contributed by atoms with E-state index in [-0.39, 0.29) is 5.82 Å². The summed E-state index contributed by atoms with van der Waals surface area (Å²) in [6.07, 6.45) is 0.773. The van der Waals surface area contributed by atoms with E-state index in [0.717, 1.165) is 17.7 Å². The molecule has 0 spiro atoms. The highest BCUT2D eigenvalue weighted by Crippen LogP contribution is 2.23. The first kappa shape index (κ1) is 13.0. The molecule has 94 valence electrons. The predicted molar refractivity (Wildman–Crippen MR) is 71.3 cm³/mol. The highest BCUT2D eigenvalue weighted by atomic mass is 35.5. The Balaban J connectivity index is 2.57. The first-order chi connectivity index (χ1) is 8.52. The van der Waals surface area contributed by atoms with Crippen molar-refractivity contribution in [2.24, 2.45) is 0 Å². The van der Waals surface area contributed by atoms with Crippen LogP contribution in [0.25, 0.3) is 11.4 Å². The molecule has 0 N–H and O–H groups in total. The first-order valence-corrected chi connectivity index (χ1v) is 6.20. The van der Waals surface area contributed by atoms with Crippen LogP contribution >= 0.6 is 11.6 Å². The van der Waals surface area contributed by atoms with Gasteiger partial charge in [-0.25, -0.2) is 14.4 Å². The zero-order valence-electron chi connectivity index (χ0n) is 10.6. The quantitative estimate of drug-likeness (QED) is 0.763. The standard InChI is InChI=1S/C14H14ClFN2/c1-4-12-9(3)13(15)18-14(17-12)10-6-5-8(2)11(16)7-10/h5-7H,4H2,1-3H3. The molecule has 0 amide bonds. The Morgan fingerprint density at radius 3 is 2.56 bits per heavy atom. The lowest BCUT2D eigenvalue weighted by molar-refractivity contribution is 0.619. The minimum absolute atomic E-state index is 0.258. The van der Waals surface area contributed by atoms with Gasteiger partial charge < -0.3 is 0 Å². The lowest BCUT2D eigenvalue weighted by atomic mass is 10.1. The third kappa shape index (κ3) is 2.36. The van der Waals surface area contributed by atoms with Crippen LogP contribution in [0.1, 0.15) is 23.7 Å². The Kier molecular flexibility index (Phi) is 3.62. The van der Waals surface area contributed by atoms with Gasteiger partial charge in [0.05, 0.1) is 0 Å². The molecule has 1 heterocycles. The lowest BCUT2D eigenvalue weighted by Crippen LogP contribution is -2.00. The Morgan fingerprint density at radius 1 is 1.22 bits per heavy atom. The van der Waals surface area contributed by atoms with Crippen LogP contribution in [0.15, 0.2) is 18.2 Å². The van der Waals surface area contributed by atoms with E-state index in [1.807, 2.05) is 13.8 Å². The molecular weight excluding hydrogens is 251 g/mol. The summed E-state index contributed by atoms with van der Waals surface area (Å²) in [5, 5.41) is 0.429. The van der Waals surface area contributed by atoms with E-state index < -0.39 is 0 Å². The third-order valence-corrected chi connectivity index (χ3v) is 3.32. The van der Waals surface area contributed by atoms with Crippen LogP contribution in [-0.2, 0) is 6.42 Å². The number of hydrogen-bond donors (Lipinski definition) is 0. The lowest BCUT2D eigenvalue weighted by Gasteiger charge is -2.08. The average molecular weight is 265 g/mol. The normalized spacial score (nSPS) is 10.7. The molecule has 0 aliphatic rings. The SMILES string of the molecule is CCc1nc(-c2ccc(C)c(F)c2)nc(Cl)c1C. The van der Waals surface area contributed by atoms with Crippen LogP contribution in [0.5, 0.6) is 0 Å². The molecule has 0 atom stereocenters. The van der Waals surface area contributed by atoms with Crippen LogP contribution in [0, 0.1) is 19.7 Å². The second-order valence-corrected chi connectivity index (χ2v) is 4.59. The van der Waals surface area contributed by atoms with Crippen molar-refractivity contribution in [2.45, 2.75) is 27.2 Å². The maximum atomic E-state index is 13.5. The minimum Gasteiger partial charge on any atom is -0.233 e. The van der Waals surface area contributed by atoms with E-state index in [4.69, 9.17) is 11.6 Å². The number of aryl methyl sites for hydroxylation is 2. The van der Waals surface area contributed by atoms with Gasteiger partial charge >= 0.3 is 0 Å². The van der Waals surface area contributed by atoms with Crippen molar-refractivity contribution < 1.29 is 4.39 Å². The number of halogens is 2. The summed E-state index contributed by atoms with van der Waals surface area (Å²) < 4.78 is 13.5. The fraction of sp³-hybridized carbons (Fsp3) is 0.286. The van der Waals surface area contributed by atoms with Crippen LogP contribution in [0.3, 0.4) is 0 Å². The second kappa shape index (κ2) is 5.02. The summed E-state index contributed by atoms with van der Waals surface area (Å²) in [6, 6.07) is 4.96. The smallest absolute Gasteiger partial charge is 0.161 e. The molecule has 0 aliphatic carbocycles. The molecule has 1 aromatic carbocycles. The molecule has 0 aliphatic heterocycles. The first-order valence-electron chi connectivity index (χ1n) is 5.82. The number of aromatic nitrogens is 2. The molecule has 1 aromatic heterocycles. The summed E-state index contributed by atoms with van der Waals surface area (Å²) in [5.41, 5.74) is 3.03. The van der Waals surface area contributed by atoms with E-state index in [9.17, 15) is 4.39 Å². The van der Waals surface area contributed by atoms with Gasteiger partial charge in [-0.3, -0.25) is 0 Å². The number of nitrogens with zero attached hydrogens (tertiary/aromatic N) is 2. The van der Waals surface area contributed by atoms with Crippen LogP contribution in [0.4, 0.5) is 4.39 Å². The highest BCUT2D eigenvalue weighted by molar-refractivity contribution is 6.30. The summed E-state index contributed by atoms with van der Waals surface area (Å²) >= 11 is 6.07. The largest absolute Gasteiger partial charge is 0.233 e.